The Labute approximate surface area is 164 Å². The van der Waals surface area contributed by atoms with Gasteiger partial charge in [0.1, 0.15) is 9.71 Å². The zero-order chi connectivity index (χ0) is 19.8. The van der Waals surface area contributed by atoms with Gasteiger partial charge in [-0.1, -0.05) is 17.7 Å². The van der Waals surface area contributed by atoms with Crippen molar-refractivity contribution in [3.63, 3.8) is 0 Å². The standard InChI is InChI=1S/C21H17N3O3S/c1-11-6-7-16-13(8-11)10-15-17(22)18(28-20(15)24-16)19(25)23-14-5-3-4-12(9-14)21(26)27-2/h3-10H,22H2,1-2H3,(H,23,25). The number of aryl methyl sites for hydroxylation is 1. The second-order valence-corrected chi connectivity index (χ2v) is 7.41. The second-order valence-electron chi connectivity index (χ2n) is 6.41. The van der Waals surface area contributed by atoms with Gasteiger partial charge in [-0.25, -0.2) is 9.78 Å². The number of pyridine rings is 1. The summed E-state index contributed by atoms with van der Waals surface area (Å²) in [5, 5.41) is 4.53. The Morgan fingerprint density at radius 1 is 1.14 bits per heavy atom. The van der Waals surface area contributed by atoms with E-state index in [1.807, 2.05) is 31.2 Å². The van der Waals surface area contributed by atoms with Crippen molar-refractivity contribution >= 4 is 55.7 Å². The van der Waals surface area contributed by atoms with Crippen LogP contribution in [-0.4, -0.2) is 24.0 Å². The van der Waals surface area contributed by atoms with E-state index in [4.69, 9.17) is 10.5 Å². The average molecular weight is 391 g/mol. The van der Waals surface area contributed by atoms with Gasteiger partial charge in [0.05, 0.1) is 23.9 Å². The Balaban J connectivity index is 1.70. The summed E-state index contributed by atoms with van der Waals surface area (Å²) in [6.07, 6.45) is 0. The van der Waals surface area contributed by atoms with Crippen LogP contribution in [0.3, 0.4) is 0 Å². The number of hydrogen-bond donors (Lipinski definition) is 2. The van der Waals surface area contributed by atoms with Gasteiger partial charge >= 0.3 is 5.97 Å². The highest BCUT2D eigenvalue weighted by molar-refractivity contribution is 7.21. The number of esters is 1. The number of carbonyl (C=O) groups excluding carboxylic acids is 2. The number of aromatic nitrogens is 1. The quantitative estimate of drug-likeness (QED) is 0.506. The van der Waals surface area contributed by atoms with E-state index in [0.717, 1.165) is 21.9 Å². The highest BCUT2D eigenvalue weighted by Crippen LogP contribution is 2.35. The van der Waals surface area contributed by atoms with Gasteiger partial charge in [0.2, 0.25) is 0 Å². The molecule has 140 valence electrons. The first-order valence-electron chi connectivity index (χ1n) is 8.55. The number of amides is 1. The van der Waals surface area contributed by atoms with E-state index in [-0.39, 0.29) is 5.91 Å². The Morgan fingerprint density at radius 2 is 1.96 bits per heavy atom. The number of nitrogens with zero attached hydrogens (tertiary/aromatic N) is 1. The third-order valence-corrected chi connectivity index (χ3v) is 5.53. The molecule has 0 saturated carbocycles. The summed E-state index contributed by atoms with van der Waals surface area (Å²) in [6.45, 7) is 2.02. The maximum Gasteiger partial charge on any atom is 0.337 e. The van der Waals surface area contributed by atoms with Crippen molar-refractivity contribution in [3.05, 3.63) is 64.5 Å². The molecule has 2 aromatic heterocycles. The number of nitrogen functional groups attached to an aromatic ring is 1. The molecule has 28 heavy (non-hydrogen) atoms. The molecule has 0 aliphatic rings. The SMILES string of the molecule is COC(=O)c1cccc(NC(=O)c2sc3nc4ccc(C)cc4cc3c2N)c1. The topological polar surface area (TPSA) is 94.3 Å². The van der Waals surface area contributed by atoms with Gasteiger partial charge in [0.15, 0.2) is 0 Å². The van der Waals surface area contributed by atoms with Gasteiger partial charge in [-0.2, -0.15) is 0 Å². The predicted molar refractivity (Wildman–Crippen MR) is 112 cm³/mol. The molecule has 0 bridgehead atoms. The maximum atomic E-state index is 12.8. The summed E-state index contributed by atoms with van der Waals surface area (Å²) in [4.78, 5) is 30.2. The number of thiophene rings is 1. The number of nitrogens with two attached hydrogens (primary N) is 1. The van der Waals surface area contributed by atoms with Crippen molar-refractivity contribution in [2.45, 2.75) is 6.92 Å². The molecule has 0 radical (unpaired) electrons. The van der Waals surface area contributed by atoms with Crippen molar-refractivity contribution in [1.82, 2.24) is 4.98 Å². The van der Waals surface area contributed by atoms with Crippen LogP contribution in [0.15, 0.2) is 48.5 Å². The minimum atomic E-state index is -0.469. The normalized spacial score (nSPS) is 10.9. The van der Waals surface area contributed by atoms with E-state index >= 15 is 0 Å². The smallest absolute Gasteiger partial charge is 0.337 e. The molecule has 6 nitrogen and oxygen atoms in total. The lowest BCUT2D eigenvalue weighted by Crippen LogP contribution is -2.12. The van der Waals surface area contributed by atoms with Crippen LogP contribution in [0.5, 0.6) is 0 Å². The van der Waals surface area contributed by atoms with E-state index in [1.165, 1.54) is 18.4 Å². The fourth-order valence-electron chi connectivity index (χ4n) is 3.02. The van der Waals surface area contributed by atoms with E-state index in [0.29, 0.717) is 26.6 Å². The van der Waals surface area contributed by atoms with Crippen LogP contribution in [0.4, 0.5) is 11.4 Å². The number of benzene rings is 2. The van der Waals surface area contributed by atoms with Crippen LogP contribution >= 0.6 is 11.3 Å². The Morgan fingerprint density at radius 3 is 2.75 bits per heavy atom. The predicted octanol–water partition coefficient (Wildman–Crippen LogP) is 4.38. The fraction of sp³-hybridized carbons (Fsp3) is 0.0952. The van der Waals surface area contributed by atoms with Gasteiger partial charge in [0, 0.05) is 16.5 Å². The van der Waals surface area contributed by atoms with Crippen LogP contribution in [0.2, 0.25) is 0 Å². The van der Waals surface area contributed by atoms with Gasteiger partial charge in [-0.05, 0) is 43.3 Å². The average Bonchev–Trinajstić information content (AvgIpc) is 3.01. The van der Waals surface area contributed by atoms with Crippen LogP contribution in [0.1, 0.15) is 25.6 Å². The summed E-state index contributed by atoms with van der Waals surface area (Å²) in [5.41, 5.74) is 9.49. The van der Waals surface area contributed by atoms with E-state index in [1.54, 1.807) is 24.3 Å². The van der Waals surface area contributed by atoms with Gasteiger partial charge in [-0.3, -0.25) is 4.79 Å². The van der Waals surface area contributed by atoms with Crippen LogP contribution in [0.25, 0.3) is 21.1 Å². The molecule has 0 unspecified atom stereocenters. The number of methoxy groups -OCH3 is 1. The molecule has 7 heteroatoms. The van der Waals surface area contributed by atoms with Gasteiger partial charge in [0.25, 0.3) is 5.91 Å². The maximum absolute atomic E-state index is 12.8. The first kappa shape index (κ1) is 17.9. The summed E-state index contributed by atoms with van der Waals surface area (Å²) in [5.74, 6) is -0.814. The minimum Gasteiger partial charge on any atom is -0.465 e. The lowest BCUT2D eigenvalue weighted by Gasteiger charge is -2.06. The first-order valence-corrected chi connectivity index (χ1v) is 9.37. The lowest BCUT2D eigenvalue weighted by atomic mass is 10.1. The number of carbonyl (C=O) groups is 2. The molecule has 0 spiro atoms. The van der Waals surface area contributed by atoms with E-state index in [9.17, 15) is 9.59 Å². The third kappa shape index (κ3) is 3.16. The summed E-state index contributed by atoms with van der Waals surface area (Å²) in [7, 11) is 1.31. The Bertz CT molecular complexity index is 1250. The molecule has 3 N–H and O–H groups in total. The lowest BCUT2D eigenvalue weighted by molar-refractivity contribution is 0.0600. The molecular weight excluding hydrogens is 374 g/mol. The van der Waals surface area contributed by atoms with Crippen molar-refractivity contribution < 1.29 is 14.3 Å². The van der Waals surface area contributed by atoms with Crippen LogP contribution in [0, 0.1) is 6.92 Å². The molecule has 0 saturated heterocycles. The van der Waals surface area contributed by atoms with Crippen molar-refractivity contribution in [3.8, 4) is 0 Å². The Kier molecular flexibility index (Phi) is 4.44. The molecule has 2 aromatic carbocycles. The van der Waals surface area contributed by atoms with Crippen molar-refractivity contribution in [2.24, 2.45) is 0 Å². The molecule has 2 heterocycles. The largest absolute Gasteiger partial charge is 0.465 e. The zero-order valence-electron chi connectivity index (χ0n) is 15.3. The molecule has 0 atom stereocenters. The molecular formula is C21H17N3O3S. The number of hydrogen-bond acceptors (Lipinski definition) is 6. The van der Waals surface area contributed by atoms with Crippen LogP contribution in [-0.2, 0) is 4.74 Å². The first-order chi connectivity index (χ1) is 13.5. The third-order valence-electron chi connectivity index (χ3n) is 4.42. The highest BCUT2D eigenvalue weighted by Gasteiger charge is 2.18. The highest BCUT2D eigenvalue weighted by atomic mass is 32.1. The fourth-order valence-corrected chi connectivity index (χ4v) is 4.00. The number of anilines is 2. The van der Waals surface area contributed by atoms with E-state index < -0.39 is 5.97 Å². The van der Waals surface area contributed by atoms with Gasteiger partial charge < -0.3 is 15.8 Å². The number of rotatable bonds is 3. The summed E-state index contributed by atoms with van der Waals surface area (Å²) < 4.78 is 4.71. The summed E-state index contributed by atoms with van der Waals surface area (Å²) in [6, 6.07) is 14.5. The zero-order valence-corrected chi connectivity index (χ0v) is 16.1. The summed E-state index contributed by atoms with van der Waals surface area (Å²) >= 11 is 1.25. The molecule has 1 amide bonds. The number of nitrogens with one attached hydrogen (secondary N) is 1. The Hall–Kier alpha value is -3.45. The minimum absolute atomic E-state index is 0.345. The molecule has 0 aliphatic carbocycles. The number of fused-ring (bicyclic) bond motifs is 2. The van der Waals surface area contributed by atoms with Crippen LogP contribution < -0.4 is 11.1 Å². The monoisotopic (exact) mass is 391 g/mol. The van der Waals surface area contributed by atoms with Crippen molar-refractivity contribution in [1.29, 1.82) is 0 Å². The number of ether oxygens (including phenoxy) is 1. The molecule has 4 aromatic rings. The second kappa shape index (κ2) is 6.94. The van der Waals surface area contributed by atoms with Gasteiger partial charge in [-0.15, -0.1) is 11.3 Å². The molecule has 0 aliphatic heterocycles. The molecule has 4 rings (SSSR count). The van der Waals surface area contributed by atoms with Crippen molar-refractivity contribution in [2.75, 3.05) is 18.2 Å². The van der Waals surface area contributed by atoms with E-state index in [2.05, 4.69) is 10.3 Å². The molecule has 0 fully saturated rings.